The SMILES string of the molecule is COc1cc(CN(Cc2ccccn2)C(=O)C2CCCO2)ccc1OC1CCCCCC1. The first-order valence-electron chi connectivity index (χ1n) is 11.9. The van der Waals surface area contributed by atoms with Gasteiger partial charge in [-0.3, -0.25) is 9.78 Å². The van der Waals surface area contributed by atoms with Crippen molar-refractivity contribution in [3.05, 3.63) is 53.9 Å². The van der Waals surface area contributed by atoms with Crippen molar-refractivity contribution < 1.29 is 19.0 Å². The van der Waals surface area contributed by atoms with Crippen LogP contribution in [0.2, 0.25) is 0 Å². The first kappa shape index (κ1) is 22.6. The molecule has 1 amide bonds. The Balaban J connectivity index is 1.49. The molecule has 2 heterocycles. The van der Waals surface area contributed by atoms with E-state index in [9.17, 15) is 4.79 Å². The van der Waals surface area contributed by atoms with Crippen molar-refractivity contribution in [1.29, 1.82) is 0 Å². The maximum absolute atomic E-state index is 13.2. The molecule has 2 aliphatic rings. The van der Waals surface area contributed by atoms with Crippen LogP contribution in [0, 0.1) is 0 Å². The van der Waals surface area contributed by atoms with Crippen molar-refractivity contribution in [3.8, 4) is 11.5 Å². The third-order valence-electron chi connectivity index (χ3n) is 6.29. The van der Waals surface area contributed by atoms with Gasteiger partial charge in [0.1, 0.15) is 6.10 Å². The number of ether oxygens (including phenoxy) is 3. The molecule has 1 aliphatic heterocycles. The standard InChI is InChI=1S/C26H34N2O4/c1-30-25-17-20(13-14-23(25)32-22-10-4-2-3-5-11-22)18-28(19-21-9-6-7-15-27-21)26(29)24-12-8-16-31-24/h6-7,9,13-15,17,22,24H,2-5,8,10-12,16,18-19H2,1H3. The third kappa shape index (κ3) is 6.00. The zero-order chi connectivity index (χ0) is 22.2. The van der Waals surface area contributed by atoms with E-state index in [1.54, 1.807) is 13.3 Å². The first-order chi connectivity index (χ1) is 15.7. The number of amides is 1. The van der Waals surface area contributed by atoms with E-state index < -0.39 is 0 Å². The van der Waals surface area contributed by atoms with Gasteiger partial charge in [0.05, 0.1) is 25.5 Å². The summed E-state index contributed by atoms with van der Waals surface area (Å²) in [5.41, 5.74) is 1.86. The highest BCUT2D eigenvalue weighted by Crippen LogP contribution is 2.32. The number of nitrogens with zero attached hydrogens (tertiary/aromatic N) is 2. The largest absolute Gasteiger partial charge is 0.493 e. The summed E-state index contributed by atoms with van der Waals surface area (Å²) >= 11 is 0. The molecule has 1 aliphatic carbocycles. The number of pyridine rings is 1. The van der Waals surface area contributed by atoms with Crippen LogP contribution >= 0.6 is 0 Å². The third-order valence-corrected chi connectivity index (χ3v) is 6.29. The molecule has 172 valence electrons. The van der Waals surface area contributed by atoms with Gasteiger partial charge in [0.2, 0.25) is 0 Å². The predicted molar refractivity (Wildman–Crippen MR) is 123 cm³/mol. The van der Waals surface area contributed by atoms with E-state index in [1.807, 2.05) is 41.3 Å². The summed E-state index contributed by atoms with van der Waals surface area (Å²) in [4.78, 5) is 19.4. The summed E-state index contributed by atoms with van der Waals surface area (Å²) in [5.74, 6) is 1.52. The monoisotopic (exact) mass is 438 g/mol. The van der Waals surface area contributed by atoms with Gasteiger partial charge in [0, 0.05) is 19.3 Å². The number of methoxy groups -OCH3 is 1. The minimum atomic E-state index is -0.363. The van der Waals surface area contributed by atoms with E-state index >= 15 is 0 Å². The first-order valence-corrected chi connectivity index (χ1v) is 11.9. The minimum absolute atomic E-state index is 0.0194. The van der Waals surface area contributed by atoms with Crippen LogP contribution in [0.5, 0.6) is 11.5 Å². The van der Waals surface area contributed by atoms with Crippen molar-refractivity contribution in [2.75, 3.05) is 13.7 Å². The van der Waals surface area contributed by atoms with Crippen LogP contribution in [0.3, 0.4) is 0 Å². The minimum Gasteiger partial charge on any atom is -0.493 e. The molecule has 1 atom stereocenters. The number of carbonyl (C=O) groups is 1. The number of hydrogen-bond donors (Lipinski definition) is 0. The predicted octanol–water partition coefficient (Wildman–Crippen LogP) is 4.90. The summed E-state index contributed by atoms with van der Waals surface area (Å²) in [6, 6.07) is 11.8. The maximum atomic E-state index is 13.2. The molecule has 1 aromatic carbocycles. The van der Waals surface area contributed by atoms with Gasteiger partial charge in [-0.05, 0) is 68.4 Å². The van der Waals surface area contributed by atoms with E-state index in [0.29, 0.717) is 25.4 Å². The van der Waals surface area contributed by atoms with Crippen LogP contribution in [0.15, 0.2) is 42.6 Å². The quantitative estimate of drug-likeness (QED) is 0.549. The van der Waals surface area contributed by atoms with Gasteiger partial charge in [-0.1, -0.05) is 25.0 Å². The molecule has 2 aromatic rings. The van der Waals surface area contributed by atoms with Crippen molar-refractivity contribution in [2.45, 2.75) is 76.7 Å². The lowest BCUT2D eigenvalue weighted by atomic mass is 10.1. The van der Waals surface area contributed by atoms with Crippen LogP contribution in [-0.2, 0) is 22.6 Å². The second-order valence-electron chi connectivity index (χ2n) is 8.73. The lowest BCUT2D eigenvalue weighted by Gasteiger charge is -2.26. The van der Waals surface area contributed by atoms with Crippen molar-refractivity contribution in [1.82, 2.24) is 9.88 Å². The molecule has 1 aromatic heterocycles. The molecule has 1 saturated heterocycles. The van der Waals surface area contributed by atoms with Crippen LogP contribution in [0.4, 0.5) is 0 Å². The molecular formula is C26H34N2O4. The Labute approximate surface area is 190 Å². The lowest BCUT2D eigenvalue weighted by Crippen LogP contribution is -2.38. The number of benzene rings is 1. The smallest absolute Gasteiger partial charge is 0.252 e. The molecular weight excluding hydrogens is 404 g/mol. The van der Waals surface area contributed by atoms with Crippen LogP contribution in [0.25, 0.3) is 0 Å². The Kier molecular flexibility index (Phi) is 7.99. The summed E-state index contributed by atoms with van der Waals surface area (Å²) in [6.45, 7) is 1.56. The average molecular weight is 439 g/mol. The van der Waals surface area contributed by atoms with E-state index in [1.165, 1.54) is 25.7 Å². The van der Waals surface area contributed by atoms with Gasteiger partial charge in [-0.2, -0.15) is 0 Å². The lowest BCUT2D eigenvalue weighted by molar-refractivity contribution is -0.142. The fraction of sp³-hybridized carbons (Fsp3) is 0.538. The van der Waals surface area contributed by atoms with Crippen molar-refractivity contribution >= 4 is 5.91 Å². The molecule has 0 radical (unpaired) electrons. The molecule has 4 rings (SSSR count). The molecule has 0 spiro atoms. The van der Waals surface area contributed by atoms with Crippen LogP contribution in [-0.4, -0.2) is 41.7 Å². The van der Waals surface area contributed by atoms with E-state index in [-0.39, 0.29) is 18.1 Å². The number of carbonyl (C=O) groups excluding carboxylic acids is 1. The second-order valence-corrected chi connectivity index (χ2v) is 8.73. The molecule has 0 N–H and O–H groups in total. The summed E-state index contributed by atoms with van der Waals surface area (Å²) in [6.07, 6.45) is 10.6. The summed E-state index contributed by atoms with van der Waals surface area (Å²) in [5, 5.41) is 0. The van der Waals surface area contributed by atoms with Gasteiger partial charge in [-0.25, -0.2) is 0 Å². The highest BCUT2D eigenvalue weighted by atomic mass is 16.5. The Bertz CT molecular complexity index is 859. The van der Waals surface area contributed by atoms with E-state index in [0.717, 1.165) is 42.7 Å². The normalized spacial score (nSPS) is 19.3. The number of hydrogen-bond acceptors (Lipinski definition) is 5. The average Bonchev–Trinajstić information content (AvgIpc) is 3.25. The number of aromatic nitrogens is 1. The molecule has 32 heavy (non-hydrogen) atoms. The van der Waals surface area contributed by atoms with Gasteiger partial charge in [0.25, 0.3) is 5.91 Å². The van der Waals surface area contributed by atoms with Crippen LogP contribution in [0.1, 0.15) is 62.6 Å². The summed E-state index contributed by atoms with van der Waals surface area (Å²) < 4.78 is 17.6. The van der Waals surface area contributed by atoms with E-state index in [4.69, 9.17) is 14.2 Å². The Hall–Kier alpha value is -2.60. The Morgan fingerprint density at radius 3 is 2.56 bits per heavy atom. The van der Waals surface area contributed by atoms with Crippen molar-refractivity contribution in [2.24, 2.45) is 0 Å². The molecule has 1 saturated carbocycles. The molecule has 1 unspecified atom stereocenters. The highest BCUT2D eigenvalue weighted by Gasteiger charge is 2.29. The molecule has 0 bridgehead atoms. The van der Waals surface area contributed by atoms with Gasteiger partial charge < -0.3 is 19.1 Å². The van der Waals surface area contributed by atoms with Crippen molar-refractivity contribution in [3.63, 3.8) is 0 Å². The van der Waals surface area contributed by atoms with Gasteiger partial charge >= 0.3 is 0 Å². The Morgan fingerprint density at radius 1 is 1.03 bits per heavy atom. The molecule has 6 heteroatoms. The zero-order valence-corrected chi connectivity index (χ0v) is 19.0. The van der Waals surface area contributed by atoms with E-state index in [2.05, 4.69) is 4.98 Å². The highest BCUT2D eigenvalue weighted by molar-refractivity contribution is 5.81. The fourth-order valence-electron chi connectivity index (χ4n) is 4.54. The molecule has 2 fully saturated rings. The van der Waals surface area contributed by atoms with Crippen LogP contribution < -0.4 is 9.47 Å². The zero-order valence-electron chi connectivity index (χ0n) is 19.0. The summed E-state index contributed by atoms with van der Waals surface area (Å²) in [7, 11) is 1.67. The second kappa shape index (κ2) is 11.3. The fourth-order valence-corrected chi connectivity index (χ4v) is 4.54. The number of rotatable bonds is 8. The Morgan fingerprint density at radius 2 is 1.88 bits per heavy atom. The van der Waals surface area contributed by atoms with Gasteiger partial charge in [0.15, 0.2) is 11.5 Å². The maximum Gasteiger partial charge on any atom is 0.252 e. The molecule has 6 nitrogen and oxygen atoms in total. The topological polar surface area (TPSA) is 60.9 Å². The van der Waals surface area contributed by atoms with Gasteiger partial charge in [-0.15, -0.1) is 0 Å².